The van der Waals surface area contributed by atoms with Crippen molar-refractivity contribution in [3.05, 3.63) is 29.8 Å². The molecule has 0 radical (unpaired) electrons. The first-order valence-electron chi connectivity index (χ1n) is 27.9. The number of nitrogens with one attached hydrogen (secondary N) is 8. The summed E-state index contributed by atoms with van der Waals surface area (Å²) in [4.78, 5) is 134. The van der Waals surface area contributed by atoms with Crippen LogP contribution >= 0.6 is 0 Å². The number of rotatable bonds is 24. The van der Waals surface area contributed by atoms with Crippen LogP contribution in [0.3, 0.4) is 0 Å². The number of hydrogen-bond acceptors (Lipinski definition) is 23. The highest BCUT2D eigenvalue weighted by atomic mass is 16.7. The fourth-order valence-corrected chi connectivity index (χ4v) is 9.08. The second kappa shape index (κ2) is 36.9. The summed E-state index contributed by atoms with van der Waals surface area (Å²) in [6.07, 6.45) is -10.7. The Bertz CT molecular complexity index is 2360. The number of primary amides is 1. The van der Waals surface area contributed by atoms with Crippen molar-refractivity contribution in [3.8, 4) is 5.75 Å². The minimum Gasteiger partial charge on any atom is -0.508 e. The molecular weight excluding hydrogens is 1130 g/mol. The number of aromatic hydroxyl groups is 1. The van der Waals surface area contributed by atoms with E-state index < -0.39 is 222 Å². The third-order valence-electron chi connectivity index (χ3n) is 13.9. The molecule has 24 N–H and O–H groups in total. The quantitative estimate of drug-likeness (QED) is 0.0428. The molecule has 1 aromatic rings. The number of carboxylic acids is 1. The van der Waals surface area contributed by atoms with Gasteiger partial charge in [0.05, 0.1) is 51.0 Å². The molecule has 0 saturated carbocycles. The summed E-state index contributed by atoms with van der Waals surface area (Å²) in [6.45, 7) is -2.15. The molecule has 2 aliphatic rings. The molecule has 2 fully saturated rings. The van der Waals surface area contributed by atoms with E-state index in [1.54, 1.807) is 0 Å². The normalized spacial score (nSPS) is 27.8. The fourth-order valence-electron chi connectivity index (χ4n) is 9.08. The number of aliphatic hydroxyl groups excluding tert-OH is 8. The third-order valence-corrected chi connectivity index (χ3v) is 13.9. The molecule has 2 aliphatic heterocycles. The van der Waals surface area contributed by atoms with Gasteiger partial charge in [-0.2, -0.15) is 0 Å². The molecule has 3 rings (SSSR count). The van der Waals surface area contributed by atoms with E-state index in [0.717, 1.165) is 69.2 Å². The van der Waals surface area contributed by atoms with E-state index >= 15 is 0 Å². The number of ether oxygens (including phenoxy) is 2. The van der Waals surface area contributed by atoms with Gasteiger partial charge in [-0.1, -0.05) is 64.0 Å². The lowest BCUT2D eigenvalue weighted by Gasteiger charge is -2.38. The maximum atomic E-state index is 14.3. The molecule has 2 saturated heterocycles. The molecular formula is C52H85N11O22. The Morgan fingerprint density at radius 2 is 1.29 bits per heavy atom. The number of carbonyl (C=O) groups excluding carboxylic acids is 9. The van der Waals surface area contributed by atoms with Gasteiger partial charge in [0.15, 0.2) is 12.4 Å². The van der Waals surface area contributed by atoms with Crippen molar-refractivity contribution < 1.29 is 108 Å². The molecule has 0 bridgehead atoms. The Hall–Kier alpha value is -6.76. The minimum absolute atomic E-state index is 0.0344. The van der Waals surface area contributed by atoms with Crippen LogP contribution in [0.5, 0.6) is 5.75 Å². The van der Waals surface area contributed by atoms with Crippen molar-refractivity contribution in [1.29, 1.82) is 0 Å². The lowest BCUT2D eigenvalue weighted by atomic mass is 9.95. The SMILES string of the molecule is CCCCCCCCCC(N)CC(O)CC(C[C@H]1CC(=O)N[C@@H](CO)C(=O)N[C@@H](C(O)c2ccc(O)cc2)C(=O)N[C@@H](CC(=O)O)C(=O)N[C@@H](CO)C(=O)NCC(=O)NCC[C@H](N)C(=O)N[C@@H](C(O)C(N)=O)C(=O)N1)OC1OC[C@@H](O)[C@H](O)[C@H]1O. The van der Waals surface area contributed by atoms with Gasteiger partial charge in [0, 0.05) is 25.0 Å². The Morgan fingerprint density at radius 3 is 1.92 bits per heavy atom. The number of aliphatic carboxylic acids is 1. The zero-order chi connectivity index (χ0) is 63.5. The largest absolute Gasteiger partial charge is 0.508 e. The van der Waals surface area contributed by atoms with E-state index in [9.17, 15) is 99.0 Å². The highest BCUT2D eigenvalue weighted by Gasteiger charge is 2.42. The molecule has 9 amide bonds. The molecule has 0 aromatic heterocycles. The van der Waals surface area contributed by atoms with Gasteiger partial charge in [-0.25, -0.2) is 0 Å². The number of carboxylic acid groups (broad SMARTS) is 1. The second-order valence-corrected chi connectivity index (χ2v) is 21.0. The highest BCUT2D eigenvalue weighted by molar-refractivity contribution is 5.98. The van der Waals surface area contributed by atoms with Gasteiger partial charge in [0.1, 0.15) is 60.4 Å². The van der Waals surface area contributed by atoms with E-state index in [4.69, 9.17) is 26.7 Å². The van der Waals surface area contributed by atoms with Gasteiger partial charge in [-0.15, -0.1) is 0 Å². The van der Waals surface area contributed by atoms with Crippen molar-refractivity contribution in [1.82, 2.24) is 42.5 Å². The standard InChI is InChI=1S/C52H85N11O22/c1-2-3-4-5-6-7-8-9-26(53)16-29(67)19-30(85-52-44(76)42(74)35(68)24-84-52)17-27-18-36(69)59-34(23-65)49(81)63-39(41(73)25-10-12-28(66)13-11-25)51(83)60-32(20-38(71)72)48(80)61-33(22-64)47(79)57-21-37(70)56-15-14-31(54)46(78)62-40(50(82)58-27)43(75)45(55)77/h10-13,26-27,29-35,39-44,52,64-68,73-76H,2-9,14-24,53-54H2,1H3,(H2,55,77)(H,56,70)(H,57,79)(H,58,82)(H,59,69)(H,60,83)(H,61,80)(H,62,78)(H,63,81)(H,71,72)/t26?,27-,29?,30?,31-,32-,33-,34-,35+,39-,40-,41?,42-,43?,44+,52?/m0/s1. The van der Waals surface area contributed by atoms with Crippen molar-refractivity contribution in [3.63, 3.8) is 0 Å². The summed E-state index contributed by atoms with van der Waals surface area (Å²) in [5, 5.41) is 123. The average Bonchev–Trinajstić information content (AvgIpc) is 3.58. The maximum Gasteiger partial charge on any atom is 0.305 e. The van der Waals surface area contributed by atoms with Crippen LogP contribution in [0, 0.1) is 0 Å². The summed E-state index contributed by atoms with van der Waals surface area (Å²) in [5.41, 5.74) is 17.6. The van der Waals surface area contributed by atoms with E-state index in [0.29, 0.717) is 6.42 Å². The zero-order valence-corrected chi connectivity index (χ0v) is 47.1. The monoisotopic (exact) mass is 1220 g/mol. The van der Waals surface area contributed by atoms with Crippen LogP contribution in [0.25, 0.3) is 0 Å². The first-order chi connectivity index (χ1) is 40.2. The summed E-state index contributed by atoms with van der Waals surface area (Å²) in [6, 6.07) is -10.2. The number of aliphatic hydroxyl groups is 8. The zero-order valence-electron chi connectivity index (χ0n) is 47.1. The maximum absolute atomic E-state index is 14.3. The lowest BCUT2D eigenvalue weighted by molar-refractivity contribution is -0.285. The van der Waals surface area contributed by atoms with Crippen molar-refractivity contribution in [2.24, 2.45) is 17.2 Å². The highest BCUT2D eigenvalue weighted by Crippen LogP contribution is 2.25. The molecule has 33 nitrogen and oxygen atoms in total. The van der Waals surface area contributed by atoms with Crippen LogP contribution in [0.4, 0.5) is 0 Å². The van der Waals surface area contributed by atoms with Gasteiger partial charge in [0.25, 0.3) is 0 Å². The van der Waals surface area contributed by atoms with Crippen LogP contribution in [-0.2, 0) is 57.4 Å². The van der Waals surface area contributed by atoms with E-state index in [1.165, 1.54) is 0 Å². The van der Waals surface area contributed by atoms with Gasteiger partial charge in [-0.05, 0) is 49.8 Å². The second-order valence-electron chi connectivity index (χ2n) is 21.0. The predicted octanol–water partition coefficient (Wildman–Crippen LogP) is -8.18. The summed E-state index contributed by atoms with van der Waals surface area (Å²) >= 11 is 0. The third kappa shape index (κ3) is 25.0. The van der Waals surface area contributed by atoms with Gasteiger partial charge < -0.3 is 120 Å². The molecule has 2 heterocycles. The Balaban J connectivity index is 2.14. The first kappa shape index (κ1) is 72.5. The average molecular weight is 1220 g/mol. The van der Waals surface area contributed by atoms with Crippen LogP contribution in [0.15, 0.2) is 24.3 Å². The Morgan fingerprint density at radius 1 is 0.706 bits per heavy atom. The summed E-state index contributed by atoms with van der Waals surface area (Å²) < 4.78 is 11.5. The lowest BCUT2D eigenvalue weighted by Crippen LogP contribution is -2.61. The number of carbonyl (C=O) groups is 10. The molecule has 33 heteroatoms. The number of unbranched alkanes of at least 4 members (excludes halogenated alkanes) is 6. The van der Waals surface area contributed by atoms with Crippen molar-refractivity contribution in [2.75, 3.05) is 32.9 Å². The molecule has 1 aromatic carbocycles. The predicted molar refractivity (Wildman–Crippen MR) is 293 cm³/mol. The summed E-state index contributed by atoms with van der Waals surface area (Å²) in [5.74, 6) is -14.0. The van der Waals surface area contributed by atoms with E-state index in [1.807, 2.05) is 10.6 Å². The molecule has 85 heavy (non-hydrogen) atoms. The Labute approximate surface area is 488 Å². The van der Waals surface area contributed by atoms with Crippen molar-refractivity contribution >= 4 is 59.1 Å². The van der Waals surface area contributed by atoms with Crippen molar-refractivity contribution in [2.45, 2.75) is 194 Å². The molecule has 6 unspecified atom stereocenters. The summed E-state index contributed by atoms with van der Waals surface area (Å²) in [7, 11) is 0. The topological polar surface area (TPSA) is 566 Å². The van der Waals surface area contributed by atoms with Crippen LogP contribution < -0.4 is 59.7 Å². The molecule has 0 spiro atoms. The van der Waals surface area contributed by atoms with Crippen LogP contribution in [-0.4, -0.2) is 234 Å². The fraction of sp³-hybridized carbons (Fsp3) is 0.692. The van der Waals surface area contributed by atoms with Gasteiger partial charge in [-0.3, -0.25) is 47.9 Å². The van der Waals surface area contributed by atoms with Crippen LogP contribution in [0.1, 0.15) is 108 Å². The molecule has 0 aliphatic carbocycles. The van der Waals surface area contributed by atoms with Gasteiger partial charge in [0.2, 0.25) is 53.2 Å². The van der Waals surface area contributed by atoms with E-state index in [-0.39, 0.29) is 17.7 Å². The number of benzene rings is 1. The number of hydrogen-bond donors (Lipinski definition) is 21. The smallest absolute Gasteiger partial charge is 0.305 e. The molecule has 480 valence electrons. The number of phenolic OH excluding ortho intramolecular Hbond substituents is 1. The van der Waals surface area contributed by atoms with Gasteiger partial charge >= 0.3 is 5.97 Å². The van der Waals surface area contributed by atoms with Crippen LogP contribution in [0.2, 0.25) is 0 Å². The minimum atomic E-state index is -2.52. The number of amides is 9. The Kier molecular flexibility index (Phi) is 31.5. The van der Waals surface area contributed by atoms with E-state index in [2.05, 4.69) is 38.8 Å². The number of phenols is 1. The molecule has 16 atom stereocenters. The number of nitrogens with two attached hydrogens (primary N) is 3. The first-order valence-corrected chi connectivity index (χ1v) is 27.9.